The smallest absolute Gasteiger partial charge is 0.321 e. The third kappa shape index (κ3) is 3.51. The van der Waals surface area contributed by atoms with Crippen molar-refractivity contribution < 1.29 is 14.0 Å². The predicted octanol–water partition coefficient (Wildman–Crippen LogP) is 1.73. The zero-order chi connectivity index (χ0) is 15.4. The van der Waals surface area contributed by atoms with E-state index in [0.717, 1.165) is 24.0 Å². The zero-order valence-electron chi connectivity index (χ0n) is 12.3. The van der Waals surface area contributed by atoms with Crippen LogP contribution >= 0.6 is 0 Å². The van der Waals surface area contributed by atoms with Gasteiger partial charge in [-0.25, -0.2) is 9.18 Å². The second kappa shape index (κ2) is 6.56. The second-order valence-electron chi connectivity index (χ2n) is 5.12. The van der Waals surface area contributed by atoms with Crippen LogP contribution in [0.25, 0.3) is 0 Å². The molecule has 114 valence electrons. The molecule has 0 aromatic heterocycles. The molecule has 1 aliphatic heterocycles. The van der Waals surface area contributed by atoms with Crippen LogP contribution in [0.5, 0.6) is 0 Å². The van der Waals surface area contributed by atoms with Crippen molar-refractivity contribution in [3.63, 3.8) is 0 Å². The SMILES string of the molecule is CCNC(=O)NC(=O)CN1CCCc2c(C)ccc(F)c21. The standard InChI is InChI=1S/C15H20FN3O2/c1-3-17-15(21)18-13(20)9-19-8-4-5-11-10(2)6-7-12(16)14(11)19/h6-7H,3-5,8-9H2,1-2H3,(H2,17,18,20,21). The van der Waals surface area contributed by atoms with Gasteiger partial charge in [-0.05, 0) is 43.9 Å². The van der Waals surface area contributed by atoms with E-state index in [2.05, 4.69) is 10.6 Å². The summed E-state index contributed by atoms with van der Waals surface area (Å²) < 4.78 is 14.1. The van der Waals surface area contributed by atoms with Crippen molar-refractivity contribution in [3.05, 3.63) is 29.1 Å². The molecule has 1 heterocycles. The average molecular weight is 293 g/mol. The number of carbonyl (C=O) groups is 2. The van der Waals surface area contributed by atoms with Crippen molar-refractivity contribution in [1.29, 1.82) is 0 Å². The first-order valence-electron chi connectivity index (χ1n) is 7.13. The van der Waals surface area contributed by atoms with E-state index in [1.165, 1.54) is 6.07 Å². The highest BCUT2D eigenvalue weighted by molar-refractivity contribution is 5.96. The topological polar surface area (TPSA) is 61.4 Å². The summed E-state index contributed by atoms with van der Waals surface area (Å²) in [7, 11) is 0. The summed E-state index contributed by atoms with van der Waals surface area (Å²) in [5.41, 5.74) is 2.47. The maximum atomic E-state index is 14.1. The Morgan fingerprint density at radius 3 is 2.86 bits per heavy atom. The molecule has 0 aliphatic carbocycles. The van der Waals surface area contributed by atoms with Gasteiger partial charge < -0.3 is 10.2 Å². The normalized spacial score (nSPS) is 13.6. The largest absolute Gasteiger partial charge is 0.360 e. The molecule has 0 spiro atoms. The van der Waals surface area contributed by atoms with E-state index in [0.29, 0.717) is 18.8 Å². The number of hydrogen-bond acceptors (Lipinski definition) is 3. The van der Waals surface area contributed by atoms with Gasteiger partial charge in [0.1, 0.15) is 5.82 Å². The molecule has 0 fully saturated rings. The van der Waals surface area contributed by atoms with Crippen LogP contribution in [-0.2, 0) is 11.2 Å². The van der Waals surface area contributed by atoms with E-state index in [1.54, 1.807) is 17.9 Å². The number of fused-ring (bicyclic) bond motifs is 1. The fraction of sp³-hybridized carbons (Fsp3) is 0.467. The molecule has 0 radical (unpaired) electrons. The zero-order valence-corrected chi connectivity index (χ0v) is 12.3. The molecular weight excluding hydrogens is 273 g/mol. The Kier molecular flexibility index (Phi) is 4.77. The molecule has 2 N–H and O–H groups in total. The number of anilines is 1. The molecule has 0 unspecified atom stereocenters. The minimum Gasteiger partial charge on any atom is -0.360 e. The lowest BCUT2D eigenvalue weighted by molar-refractivity contribution is -0.118. The number of halogens is 1. The first-order valence-corrected chi connectivity index (χ1v) is 7.13. The Bertz CT molecular complexity index is 560. The van der Waals surface area contributed by atoms with Gasteiger partial charge in [0, 0.05) is 13.1 Å². The molecule has 6 heteroatoms. The van der Waals surface area contributed by atoms with Gasteiger partial charge in [-0.2, -0.15) is 0 Å². The molecule has 3 amide bonds. The molecule has 1 aromatic rings. The molecule has 0 atom stereocenters. The fourth-order valence-corrected chi connectivity index (χ4v) is 2.63. The molecule has 2 rings (SSSR count). The predicted molar refractivity (Wildman–Crippen MR) is 78.9 cm³/mol. The van der Waals surface area contributed by atoms with E-state index in [1.807, 2.05) is 6.92 Å². The van der Waals surface area contributed by atoms with Gasteiger partial charge in [0.2, 0.25) is 5.91 Å². The molecular formula is C15H20FN3O2. The minimum absolute atomic E-state index is 0.0233. The Balaban J connectivity index is 2.12. The Morgan fingerprint density at radius 1 is 1.38 bits per heavy atom. The molecule has 5 nitrogen and oxygen atoms in total. The van der Waals surface area contributed by atoms with Gasteiger partial charge >= 0.3 is 6.03 Å². The summed E-state index contributed by atoms with van der Waals surface area (Å²) >= 11 is 0. The Labute approximate surface area is 123 Å². The van der Waals surface area contributed by atoms with E-state index in [9.17, 15) is 14.0 Å². The van der Waals surface area contributed by atoms with E-state index in [4.69, 9.17) is 0 Å². The minimum atomic E-state index is -0.524. The first-order chi connectivity index (χ1) is 10.0. The first kappa shape index (κ1) is 15.3. The molecule has 1 aliphatic rings. The summed E-state index contributed by atoms with van der Waals surface area (Å²) in [4.78, 5) is 24.9. The van der Waals surface area contributed by atoms with Crippen LogP contribution in [-0.4, -0.2) is 31.6 Å². The lowest BCUT2D eigenvalue weighted by Gasteiger charge is -2.31. The van der Waals surface area contributed by atoms with E-state index in [-0.39, 0.29) is 12.4 Å². The number of aryl methyl sites for hydroxylation is 1. The van der Waals surface area contributed by atoms with Gasteiger partial charge in [-0.15, -0.1) is 0 Å². The number of benzene rings is 1. The number of nitrogens with one attached hydrogen (secondary N) is 2. The van der Waals surface area contributed by atoms with Crippen LogP contribution in [0.15, 0.2) is 12.1 Å². The number of urea groups is 1. The highest BCUT2D eigenvalue weighted by Crippen LogP contribution is 2.32. The van der Waals surface area contributed by atoms with Gasteiger partial charge in [-0.1, -0.05) is 6.07 Å². The maximum absolute atomic E-state index is 14.1. The van der Waals surface area contributed by atoms with Crippen LogP contribution in [0.3, 0.4) is 0 Å². The third-order valence-corrected chi connectivity index (χ3v) is 3.56. The molecule has 0 bridgehead atoms. The summed E-state index contributed by atoms with van der Waals surface area (Å²) in [6, 6.07) is 2.66. The number of carbonyl (C=O) groups excluding carboxylic acids is 2. The highest BCUT2D eigenvalue weighted by atomic mass is 19.1. The van der Waals surface area contributed by atoms with Crippen molar-refractivity contribution in [1.82, 2.24) is 10.6 Å². The summed E-state index contributed by atoms with van der Waals surface area (Å²) in [6.07, 6.45) is 1.68. The summed E-state index contributed by atoms with van der Waals surface area (Å²) in [5, 5.41) is 4.73. The van der Waals surface area contributed by atoms with Crippen molar-refractivity contribution in [2.24, 2.45) is 0 Å². The Morgan fingerprint density at radius 2 is 2.14 bits per heavy atom. The second-order valence-corrected chi connectivity index (χ2v) is 5.12. The van der Waals surface area contributed by atoms with Crippen LogP contribution in [0.2, 0.25) is 0 Å². The van der Waals surface area contributed by atoms with E-state index >= 15 is 0 Å². The van der Waals surface area contributed by atoms with Crippen molar-refractivity contribution in [2.75, 3.05) is 24.5 Å². The third-order valence-electron chi connectivity index (χ3n) is 3.56. The van der Waals surface area contributed by atoms with Gasteiger partial charge in [0.25, 0.3) is 0 Å². The quantitative estimate of drug-likeness (QED) is 0.892. The van der Waals surface area contributed by atoms with E-state index < -0.39 is 11.9 Å². The average Bonchev–Trinajstić information content (AvgIpc) is 2.43. The highest BCUT2D eigenvalue weighted by Gasteiger charge is 2.24. The van der Waals surface area contributed by atoms with Crippen molar-refractivity contribution >= 4 is 17.6 Å². The van der Waals surface area contributed by atoms with Crippen LogP contribution in [0, 0.1) is 12.7 Å². The molecule has 0 saturated heterocycles. The number of imide groups is 1. The number of hydrogen-bond donors (Lipinski definition) is 2. The molecule has 21 heavy (non-hydrogen) atoms. The van der Waals surface area contributed by atoms with Crippen LogP contribution in [0.4, 0.5) is 14.9 Å². The number of rotatable bonds is 3. The van der Waals surface area contributed by atoms with Crippen LogP contribution in [0.1, 0.15) is 24.5 Å². The monoisotopic (exact) mass is 293 g/mol. The summed E-state index contributed by atoms with van der Waals surface area (Å²) in [6.45, 7) is 4.74. The van der Waals surface area contributed by atoms with Gasteiger partial charge in [0.05, 0.1) is 12.2 Å². The van der Waals surface area contributed by atoms with Crippen molar-refractivity contribution in [3.8, 4) is 0 Å². The lowest BCUT2D eigenvalue weighted by atomic mass is 9.96. The van der Waals surface area contributed by atoms with Crippen molar-refractivity contribution in [2.45, 2.75) is 26.7 Å². The lowest BCUT2D eigenvalue weighted by Crippen LogP contribution is -2.45. The molecule has 1 aromatic carbocycles. The van der Waals surface area contributed by atoms with Gasteiger partial charge in [-0.3, -0.25) is 10.1 Å². The summed E-state index contributed by atoms with van der Waals surface area (Å²) in [5.74, 6) is -0.754. The number of nitrogens with zero attached hydrogens (tertiary/aromatic N) is 1. The van der Waals surface area contributed by atoms with Crippen LogP contribution < -0.4 is 15.5 Å². The maximum Gasteiger partial charge on any atom is 0.321 e. The molecule has 0 saturated carbocycles. The van der Waals surface area contributed by atoms with Gasteiger partial charge in [0.15, 0.2) is 0 Å². The fourth-order valence-electron chi connectivity index (χ4n) is 2.63. The Hall–Kier alpha value is -2.11. The number of amides is 3.